The Morgan fingerprint density at radius 2 is 2.05 bits per heavy atom. The van der Waals surface area contributed by atoms with Crippen LogP contribution in [-0.4, -0.2) is 27.7 Å². The first-order valence-corrected chi connectivity index (χ1v) is 7.00. The van der Waals surface area contributed by atoms with E-state index >= 15 is 0 Å². The van der Waals surface area contributed by atoms with Gasteiger partial charge in [0.25, 0.3) is 5.91 Å². The molecule has 3 aromatic rings. The van der Waals surface area contributed by atoms with E-state index in [1.165, 1.54) is 4.85 Å². The molecule has 0 saturated carbocycles. The van der Waals surface area contributed by atoms with E-state index in [4.69, 9.17) is 16.4 Å². The van der Waals surface area contributed by atoms with Crippen LogP contribution >= 0.6 is 11.6 Å². The number of amides is 1. The number of anilines is 1. The van der Waals surface area contributed by atoms with Gasteiger partial charge in [-0.15, -0.1) is 5.10 Å². The van der Waals surface area contributed by atoms with E-state index < -0.39 is 0 Å². The Bertz CT molecular complexity index is 814. The quantitative estimate of drug-likeness (QED) is 0.802. The van der Waals surface area contributed by atoms with Crippen molar-refractivity contribution in [3.63, 3.8) is 0 Å². The molecule has 0 bridgehead atoms. The second-order valence-corrected chi connectivity index (χ2v) is 5.22. The van der Waals surface area contributed by atoms with E-state index in [1.807, 2.05) is 31.2 Å². The Kier molecular flexibility index (Phi) is 3.93. The molecule has 112 valence electrons. The number of hydrogen-bond acceptors (Lipinski definition) is 4. The number of aromatic nitrogens is 3. The molecule has 0 aliphatic carbocycles. The molecule has 0 spiro atoms. The zero-order valence-electron chi connectivity index (χ0n) is 11.8. The lowest BCUT2D eigenvalue weighted by molar-refractivity contribution is -0.121. The van der Waals surface area contributed by atoms with Crippen LogP contribution in [0, 0.1) is 6.92 Å². The largest absolute Gasteiger partial charge is 0.385 e. The Morgan fingerprint density at radius 3 is 2.82 bits per heavy atom. The van der Waals surface area contributed by atoms with Gasteiger partial charge in [0, 0.05) is 10.7 Å². The second-order valence-electron chi connectivity index (χ2n) is 4.78. The van der Waals surface area contributed by atoms with Crippen LogP contribution in [0.4, 0.5) is 5.69 Å². The maximum Gasteiger partial charge on any atom is 0.265 e. The maximum atomic E-state index is 11.9. The normalized spacial score (nSPS) is 10.6. The summed E-state index contributed by atoms with van der Waals surface area (Å²) < 4.78 is 0. The standard InChI is InChI=1S/C15H13ClN4O2/c1-10-2-5-12(6-3-10)17-15(21)9-22-20-14-8-11(16)4-7-13(14)18-19-20/h2-8H,9H2,1H3,(H,17,21). The second kappa shape index (κ2) is 6.03. The van der Waals surface area contributed by atoms with Gasteiger partial charge < -0.3 is 10.2 Å². The summed E-state index contributed by atoms with van der Waals surface area (Å²) in [5, 5.41) is 11.0. The van der Waals surface area contributed by atoms with Crippen molar-refractivity contribution in [2.24, 2.45) is 0 Å². The fraction of sp³-hybridized carbons (Fsp3) is 0.133. The minimum absolute atomic E-state index is 0.182. The summed E-state index contributed by atoms with van der Waals surface area (Å²) in [5.74, 6) is -0.283. The van der Waals surface area contributed by atoms with E-state index in [9.17, 15) is 4.79 Å². The lowest BCUT2D eigenvalue weighted by Crippen LogP contribution is -2.26. The maximum absolute atomic E-state index is 11.9. The summed E-state index contributed by atoms with van der Waals surface area (Å²) in [6, 6.07) is 12.6. The van der Waals surface area contributed by atoms with Crippen molar-refractivity contribution < 1.29 is 9.63 Å². The van der Waals surface area contributed by atoms with Crippen molar-refractivity contribution in [2.45, 2.75) is 6.92 Å². The number of fused-ring (bicyclic) bond motifs is 1. The van der Waals surface area contributed by atoms with Crippen LogP contribution in [0.3, 0.4) is 0 Å². The number of hydrogen-bond donors (Lipinski definition) is 1. The molecule has 0 unspecified atom stereocenters. The van der Waals surface area contributed by atoms with Crippen LogP contribution in [0.1, 0.15) is 5.56 Å². The molecule has 0 atom stereocenters. The van der Waals surface area contributed by atoms with Crippen molar-refractivity contribution in [1.29, 1.82) is 0 Å². The van der Waals surface area contributed by atoms with Crippen LogP contribution in [0.15, 0.2) is 42.5 Å². The fourth-order valence-electron chi connectivity index (χ4n) is 1.92. The van der Waals surface area contributed by atoms with Crippen molar-refractivity contribution >= 4 is 34.2 Å². The third-order valence-corrected chi connectivity index (χ3v) is 3.27. The van der Waals surface area contributed by atoms with Crippen LogP contribution in [0.25, 0.3) is 11.0 Å². The average molecular weight is 317 g/mol. The van der Waals surface area contributed by atoms with Gasteiger partial charge in [-0.3, -0.25) is 4.79 Å². The van der Waals surface area contributed by atoms with Gasteiger partial charge in [0.05, 0.1) is 0 Å². The van der Waals surface area contributed by atoms with Gasteiger partial charge >= 0.3 is 0 Å². The summed E-state index contributed by atoms with van der Waals surface area (Å²) >= 11 is 5.93. The molecule has 7 heteroatoms. The third-order valence-electron chi connectivity index (χ3n) is 3.03. The molecule has 2 aromatic carbocycles. The molecule has 0 saturated heterocycles. The monoisotopic (exact) mass is 316 g/mol. The highest BCUT2D eigenvalue weighted by atomic mass is 35.5. The molecule has 1 amide bonds. The summed E-state index contributed by atoms with van der Waals surface area (Å²) in [5.41, 5.74) is 3.09. The van der Waals surface area contributed by atoms with Gasteiger partial charge in [-0.25, -0.2) is 0 Å². The molecule has 3 rings (SSSR count). The summed E-state index contributed by atoms with van der Waals surface area (Å²) in [6.07, 6.45) is 0. The predicted octanol–water partition coefficient (Wildman–Crippen LogP) is 2.46. The molecule has 22 heavy (non-hydrogen) atoms. The van der Waals surface area contributed by atoms with Gasteiger partial charge in [-0.05, 0) is 42.5 Å². The molecule has 0 fully saturated rings. The van der Waals surface area contributed by atoms with Gasteiger partial charge in [-0.2, -0.15) is 0 Å². The lowest BCUT2D eigenvalue weighted by Gasteiger charge is -2.07. The summed E-state index contributed by atoms with van der Waals surface area (Å²) in [7, 11) is 0. The average Bonchev–Trinajstić information content (AvgIpc) is 2.90. The molecule has 0 radical (unpaired) electrons. The van der Waals surface area contributed by atoms with E-state index in [2.05, 4.69) is 15.6 Å². The molecule has 0 aliphatic rings. The Balaban J connectivity index is 1.64. The van der Waals surface area contributed by atoms with E-state index in [0.717, 1.165) is 5.56 Å². The van der Waals surface area contributed by atoms with Crippen LogP contribution in [0.2, 0.25) is 5.02 Å². The minimum atomic E-state index is -0.283. The van der Waals surface area contributed by atoms with E-state index in [-0.39, 0.29) is 12.5 Å². The molecule has 1 N–H and O–H groups in total. The van der Waals surface area contributed by atoms with Crippen LogP contribution in [-0.2, 0) is 4.79 Å². The number of carbonyl (C=O) groups is 1. The molecule has 1 aromatic heterocycles. The van der Waals surface area contributed by atoms with Crippen LogP contribution in [0.5, 0.6) is 0 Å². The van der Waals surface area contributed by atoms with Gasteiger partial charge in [0.2, 0.25) is 0 Å². The first kappa shape index (κ1) is 14.3. The smallest absolute Gasteiger partial charge is 0.265 e. The SMILES string of the molecule is Cc1ccc(NC(=O)COn2nnc3ccc(Cl)cc32)cc1. The summed E-state index contributed by atoms with van der Waals surface area (Å²) in [4.78, 5) is 18.4. The molecule has 6 nitrogen and oxygen atoms in total. The van der Waals surface area contributed by atoms with Gasteiger partial charge in [0.1, 0.15) is 11.0 Å². The lowest BCUT2D eigenvalue weighted by atomic mass is 10.2. The van der Waals surface area contributed by atoms with Crippen molar-refractivity contribution in [3.05, 3.63) is 53.1 Å². The number of benzene rings is 2. The zero-order chi connectivity index (χ0) is 15.5. The Hall–Kier alpha value is -2.60. The fourth-order valence-corrected chi connectivity index (χ4v) is 2.09. The molecular weight excluding hydrogens is 304 g/mol. The number of halogens is 1. The molecule has 0 aliphatic heterocycles. The molecular formula is C15H13ClN4O2. The highest BCUT2D eigenvalue weighted by Crippen LogP contribution is 2.16. The topological polar surface area (TPSA) is 69.0 Å². The summed E-state index contributed by atoms with van der Waals surface area (Å²) in [6.45, 7) is 1.80. The highest BCUT2D eigenvalue weighted by Gasteiger charge is 2.08. The third kappa shape index (κ3) is 3.17. The van der Waals surface area contributed by atoms with E-state index in [0.29, 0.717) is 21.7 Å². The van der Waals surface area contributed by atoms with Gasteiger partial charge in [0.15, 0.2) is 6.61 Å². The van der Waals surface area contributed by atoms with Crippen molar-refractivity contribution in [1.82, 2.24) is 15.2 Å². The first-order valence-electron chi connectivity index (χ1n) is 6.62. The number of rotatable bonds is 4. The predicted molar refractivity (Wildman–Crippen MR) is 83.8 cm³/mol. The number of carbonyl (C=O) groups excluding carboxylic acids is 1. The number of aryl methyl sites for hydroxylation is 1. The molecule has 1 heterocycles. The number of nitrogens with one attached hydrogen (secondary N) is 1. The van der Waals surface area contributed by atoms with Gasteiger partial charge in [-0.1, -0.05) is 34.1 Å². The Labute approximate surface area is 131 Å². The van der Waals surface area contributed by atoms with Crippen LogP contribution < -0.4 is 10.2 Å². The minimum Gasteiger partial charge on any atom is -0.385 e. The zero-order valence-corrected chi connectivity index (χ0v) is 12.5. The van der Waals surface area contributed by atoms with E-state index in [1.54, 1.807) is 18.2 Å². The van der Waals surface area contributed by atoms with Crippen molar-refractivity contribution in [3.8, 4) is 0 Å². The Morgan fingerprint density at radius 1 is 1.27 bits per heavy atom. The number of nitrogens with zero attached hydrogens (tertiary/aromatic N) is 3. The first-order chi connectivity index (χ1) is 10.6. The highest BCUT2D eigenvalue weighted by molar-refractivity contribution is 6.31. The van der Waals surface area contributed by atoms with Crippen molar-refractivity contribution in [2.75, 3.05) is 11.9 Å².